The SMILES string of the molecule is COc1ccc2nc(CCCl)n(CCC(F)(F)F)c2n1. The molecule has 2 rings (SSSR count). The Balaban J connectivity index is 2.43. The number of rotatable bonds is 5. The monoisotopic (exact) mass is 307 g/mol. The third-order valence-electron chi connectivity index (χ3n) is 2.79. The fourth-order valence-corrected chi connectivity index (χ4v) is 2.06. The molecule has 0 aromatic carbocycles. The van der Waals surface area contributed by atoms with E-state index in [2.05, 4.69) is 9.97 Å². The van der Waals surface area contributed by atoms with Gasteiger partial charge < -0.3 is 9.30 Å². The summed E-state index contributed by atoms with van der Waals surface area (Å²) in [6, 6.07) is 3.29. The molecule has 0 radical (unpaired) electrons. The molecule has 0 amide bonds. The fraction of sp³-hybridized carbons (Fsp3) is 0.500. The van der Waals surface area contributed by atoms with Gasteiger partial charge in [0.05, 0.1) is 13.5 Å². The summed E-state index contributed by atoms with van der Waals surface area (Å²) in [5.41, 5.74) is 0.918. The van der Waals surface area contributed by atoms with E-state index >= 15 is 0 Å². The number of fused-ring (bicyclic) bond motifs is 1. The molecule has 0 unspecified atom stereocenters. The van der Waals surface area contributed by atoms with Crippen molar-refractivity contribution >= 4 is 22.8 Å². The first-order valence-corrected chi connectivity index (χ1v) is 6.51. The van der Waals surface area contributed by atoms with E-state index in [1.165, 1.54) is 11.7 Å². The number of nitrogens with zero attached hydrogens (tertiary/aromatic N) is 3. The van der Waals surface area contributed by atoms with Gasteiger partial charge >= 0.3 is 6.18 Å². The van der Waals surface area contributed by atoms with Gasteiger partial charge in [0, 0.05) is 24.9 Å². The number of aromatic nitrogens is 3. The summed E-state index contributed by atoms with van der Waals surface area (Å²) in [6.45, 7) is -0.230. The lowest BCUT2D eigenvalue weighted by molar-refractivity contribution is -0.136. The zero-order chi connectivity index (χ0) is 14.8. The van der Waals surface area contributed by atoms with Crippen LogP contribution in [0, 0.1) is 0 Å². The lowest BCUT2D eigenvalue weighted by Crippen LogP contribution is -2.14. The molecular weight excluding hydrogens is 295 g/mol. The van der Waals surface area contributed by atoms with E-state index in [-0.39, 0.29) is 12.4 Å². The number of pyridine rings is 1. The first-order chi connectivity index (χ1) is 9.44. The number of imidazole rings is 1. The second kappa shape index (κ2) is 5.87. The molecule has 0 fully saturated rings. The number of alkyl halides is 4. The molecule has 0 aliphatic carbocycles. The smallest absolute Gasteiger partial charge is 0.390 e. The van der Waals surface area contributed by atoms with Crippen LogP contribution in [0.2, 0.25) is 0 Å². The molecule has 2 heterocycles. The van der Waals surface area contributed by atoms with E-state index in [1.807, 2.05) is 0 Å². The largest absolute Gasteiger partial charge is 0.481 e. The van der Waals surface area contributed by atoms with Crippen molar-refractivity contribution in [1.29, 1.82) is 0 Å². The number of halogens is 4. The highest BCUT2D eigenvalue weighted by atomic mass is 35.5. The molecule has 20 heavy (non-hydrogen) atoms. The molecule has 0 saturated heterocycles. The maximum Gasteiger partial charge on any atom is 0.390 e. The quantitative estimate of drug-likeness (QED) is 0.797. The summed E-state index contributed by atoms with van der Waals surface area (Å²) in [6.07, 6.45) is -4.78. The van der Waals surface area contributed by atoms with Gasteiger partial charge in [-0.1, -0.05) is 0 Å². The van der Waals surface area contributed by atoms with Gasteiger partial charge in [0.25, 0.3) is 0 Å². The van der Waals surface area contributed by atoms with Crippen molar-refractivity contribution in [3.8, 4) is 5.88 Å². The molecule has 0 aliphatic rings. The first-order valence-electron chi connectivity index (χ1n) is 5.97. The van der Waals surface area contributed by atoms with Gasteiger partial charge in [-0.25, -0.2) is 4.98 Å². The van der Waals surface area contributed by atoms with Crippen molar-refractivity contribution in [2.75, 3.05) is 13.0 Å². The number of hydrogen-bond acceptors (Lipinski definition) is 3. The maximum absolute atomic E-state index is 12.4. The molecule has 2 aromatic rings. The minimum Gasteiger partial charge on any atom is -0.481 e. The Morgan fingerprint density at radius 2 is 2.05 bits per heavy atom. The van der Waals surface area contributed by atoms with Crippen LogP contribution in [-0.4, -0.2) is 33.7 Å². The second-order valence-corrected chi connectivity index (χ2v) is 4.56. The average Bonchev–Trinajstić information content (AvgIpc) is 2.72. The van der Waals surface area contributed by atoms with Crippen molar-refractivity contribution in [3.05, 3.63) is 18.0 Å². The summed E-state index contributed by atoms with van der Waals surface area (Å²) in [5, 5.41) is 0. The van der Waals surface area contributed by atoms with Crippen molar-refractivity contribution in [2.24, 2.45) is 0 Å². The Morgan fingerprint density at radius 1 is 1.30 bits per heavy atom. The lowest BCUT2D eigenvalue weighted by Gasteiger charge is -2.10. The molecule has 2 aromatic heterocycles. The highest BCUT2D eigenvalue weighted by Gasteiger charge is 2.27. The fourth-order valence-electron chi connectivity index (χ4n) is 1.89. The predicted molar refractivity (Wildman–Crippen MR) is 69.2 cm³/mol. The van der Waals surface area contributed by atoms with Crippen molar-refractivity contribution in [1.82, 2.24) is 14.5 Å². The predicted octanol–water partition coefficient (Wildman–Crippen LogP) is 3.17. The second-order valence-electron chi connectivity index (χ2n) is 4.18. The van der Waals surface area contributed by atoms with Gasteiger partial charge in [-0.05, 0) is 6.07 Å². The van der Waals surface area contributed by atoms with Crippen molar-refractivity contribution in [3.63, 3.8) is 0 Å². The van der Waals surface area contributed by atoms with Gasteiger partial charge in [0.15, 0.2) is 5.65 Å². The molecular formula is C12H13ClF3N3O. The molecule has 0 spiro atoms. The van der Waals surface area contributed by atoms with Crippen LogP contribution in [0.15, 0.2) is 12.1 Å². The van der Waals surface area contributed by atoms with Gasteiger partial charge in [0.1, 0.15) is 11.3 Å². The molecule has 8 heteroatoms. The Hall–Kier alpha value is -1.50. The molecule has 0 aliphatic heterocycles. The number of aryl methyl sites for hydroxylation is 2. The van der Waals surface area contributed by atoms with E-state index in [0.717, 1.165) is 0 Å². The van der Waals surface area contributed by atoms with E-state index in [9.17, 15) is 13.2 Å². The molecule has 0 bridgehead atoms. The van der Waals surface area contributed by atoms with Crippen LogP contribution in [0.4, 0.5) is 13.2 Å². The third kappa shape index (κ3) is 3.33. The molecule has 0 saturated carbocycles. The Bertz CT molecular complexity index is 597. The van der Waals surface area contributed by atoms with Gasteiger partial charge in [0.2, 0.25) is 5.88 Å². The van der Waals surface area contributed by atoms with Crippen molar-refractivity contribution < 1.29 is 17.9 Å². The third-order valence-corrected chi connectivity index (χ3v) is 2.98. The van der Waals surface area contributed by atoms with Crippen LogP contribution < -0.4 is 4.74 Å². The van der Waals surface area contributed by atoms with E-state index in [1.54, 1.807) is 12.1 Å². The van der Waals surface area contributed by atoms with E-state index < -0.39 is 12.6 Å². The summed E-state index contributed by atoms with van der Waals surface area (Å²) >= 11 is 5.66. The molecule has 4 nitrogen and oxygen atoms in total. The van der Waals surface area contributed by atoms with Gasteiger partial charge in [-0.3, -0.25) is 0 Å². The van der Waals surface area contributed by atoms with Gasteiger partial charge in [-0.2, -0.15) is 18.2 Å². The van der Waals surface area contributed by atoms with E-state index in [0.29, 0.717) is 29.3 Å². The summed E-state index contributed by atoms with van der Waals surface area (Å²) < 4.78 is 43.7. The zero-order valence-electron chi connectivity index (χ0n) is 10.7. The molecule has 0 N–H and O–H groups in total. The van der Waals surface area contributed by atoms with Crippen molar-refractivity contribution in [2.45, 2.75) is 25.6 Å². The molecule has 110 valence electrons. The normalized spacial score (nSPS) is 12.1. The maximum atomic E-state index is 12.4. The Morgan fingerprint density at radius 3 is 2.65 bits per heavy atom. The summed E-state index contributed by atoms with van der Waals surface area (Å²) in [5.74, 6) is 1.12. The highest BCUT2D eigenvalue weighted by Crippen LogP contribution is 2.24. The van der Waals surface area contributed by atoms with Crippen LogP contribution in [-0.2, 0) is 13.0 Å². The van der Waals surface area contributed by atoms with Crippen LogP contribution in [0.5, 0.6) is 5.88 Å². The van der Waals surface area contributed by atoms with Gasteiger partial charge in [-0.15, -0.1) is 11.6 Å². The topological polar surface area (TPSA) is 39.9 Å². The van der Waals surface area contributed by atoms with Crippen LogP contribution >= 0.6 is 11.6 Å². The number of hydrogen-bond donors (Lipinski definition) is 0. The standard InChI is InChI=1S/C12H13ClF3N3O/c1-20-10-3-2-8-11(18-10)19(7-5-12(14,15)16)9(17-8)4-6-13/h2-3H,4-7H2,1H3. The number of methoxy groups -OCH3 is 1. The Labute approximate surface area is 118 Å². The van der Waals surface area contributed by atoms with Crippen LogP contribution in [0.1, 0.15) is 12.2 Å². The lowest BCUT2D eigenvalue weighted by atomic mass is 10.3. The molecule has 0 atom stereocenters. The average molecular weight is 308 g/mol. The number of ether oxygens (including phenoxy) is 1. The summed E-state index contributed by atoms with van der Waals surface area (Å²) in [4.78, 5) is 8.44. The first kappa shape index (κ1) is 14.9. The minimum absolute atomic E-state index is 0.230. The summed E-state index contributed by atoms with van der Waals surface area (Å²) in [7, 11) is 1.45. The van der Waals surface area contributed by atoms with Crippen LogP contribution in [0.3, 0.4) is 0 Å². The minimum atomic E-state index is -4.23. The highest BCUT2D eigenvalue weighted by molar-refractivity contribution is 6.17. The van der Waals surface area contributed by atoms with Crippen LogP contribution in [0.25, 0.3) is 11.2 Å². The van der Waals surface area contributed by atoms with E-state index in [4.69, 9.17) is 16.3 Å². The Kier molecular flexibility index (Phi) is 4.37. The zero-order valence-corrected chi connectivity index (χ0v) is 11.5.